The summed E-state index contributed by atoms with van der Waals surface area (Å²) in [5.74, 6) is -2.86. The van der Waals surface area contributed by atoms with Crippen molar-refractivity contribution in [2.45, 2.75) is 6.92 Å². The van der Waals surface area contributed by atoms with Crippen LogP contribution in [0.3, 0.4) is 0 Å². The SMILES string of the molecule is Cc1cc(N=C(NO)c2cc(F)c(F)c3nc(NCCO)[nH]c23)ccc1F. The van der Waals surface area contributed by atoms with Crippen LogP contribution in [0.4, 0.5) is 24.8 Å². The molecule has 142 valence electrons. The number of anilines is 1. The van der Waals surface area contributed by atoms with Gasteiger partial charge in [-0.3, -0.25) is 10.7 Å². The van der Waals surface area contributed by atoms with Gasteiger partial charge in [0.15, 0.2) is 17.5 Å². The number of hydrogen-bond acceptors (Lipinski definition) is 5. The van der Waals surface area contributed by atoms with Crippen LogP contribution in [0.5, 0.6) is 0 Å². The van der Waals surface area contributed by atoms with E-state index < -0.39 is 17.5 Å². The Balaban J connectivity index is 2.14. The summed E-state index contributed by atoms with van der Waals surface area (Å²) in [5, 5.41) is 21.0. The summed E-state index contributed by atoms with van der Waals surface area (Å²) >= 11 is 0. The van der Waals surface area contributed by atoms with Gasteiger partial charge in [-0.1, -0.05) is 0 Å². The third-order valence-corrected chi connectivity index (χ3v) is 3.81. The van der Waals surface area contributed by atoms with E-state index in [9.17, 15) is 18.4 Å². The van der Waals surface area contributed by atoms with Crippen LogP contribution in [0.15, 0.2) is 29.3 Å². The van der Waals surface area contributed by atoms with Crippen LogP contribution >= 0.6 is 0 Å². The maximum Gasteiger partial charge on any atom is 0.201 e. The largest absolute Gasteiger partial charge is 0.395 e. The van der Waals surface area contributed by atoms with Crippen molar-refractivity contribution in [1.29, 1.82) is 0 Å². The lowest BCUT2D eigenvalue weighted by Gasteiger charge is -2.08. The zero-order chi connectivity index (χ0) is 19.6. The molecule has 0 radical (unpaired) electrons. The predicted octanol–water partition coefficient (Wildman–Crippen LogP) is 2.75. The number of amidine groups is 1. The van der Waals surface area contributed by atoms with Gasteiger partial charge in [0.25, 0.3) is 0 Å². The topological polar surface area (TPSA) is 106 Å². The molecule has 2 aromatic carbocycles. The number of benzene rings is 2. The van der Waals surface area contributed by atoms with Gasteiger partial charge in [0.1, 0.15) is 11.3 Å². The Morgan fingerprint density at radius 3 is 2.67 bits per heavy atom. The number of nitrogens with one attached hydrogen (secondary N) is 3. The van der Waals surface area contributed by atoms with E-state index in [0.29, 0.717) is 11.3 Å². The molecule has 0 saturated heterocycles. The Hall–Kier alpha value is -3.11. The van der Waals surface area contributed by atoms with Crippen molar-refractivity contribution < 1.29 is 23.5 Å². The van der Waals surface area contributed by atoms with Crippen LogP contribution in [0.1, 0.15) is 11.1 Å². The second-order valence-corrected chi connectivity index (χ2v) is 5.69. The van der Waals surface area contributed by atoms with Gasteiger partial charge in [0.2, 0.25) is 5.95 Å². The minimum atomic E-state index is -1.18. The number of rotatable bonds is 5. The molecule has 7 nitrogen and oxygen atoms in total. The molecule has 0 bridgehead atoms. The standard InChI is InChI=1S/C17H16F3N5O2/c1-8-6-9(2-3-11(8)18)22-16(25-27)10-7-12(19)13(20)15-14(10)23-17(24-15)21-4-5-26/h2-3,6-7,26-27H,4-5H2,1H3,(H,22,25)(H2,21,23,24). The summed E-state index contributed by atoms with van der Waals surface area (Å²) in [6, 6.07) is 4.87. The molecule has 0 amide bonds. The van der Waals surface area contributed by atoms with Crippen molar-refractivity contribution in [1.82, 2.24) is 15.4 Å². The molecule has 0 aliphatic carbocycles. The van der Waals surface area contributed by atoms with Crippen LogP contribution in [-0.4, -0.2) is 39.3 Å². The highest BCUT2D eigenvalue weighted by Crippen LogP contribution is 2.26. The average Bonchev–Trinajstić information content (AvgIpc) is 3.08. The molecule has 5 N–H and O–H groups in total. The normalized spacial score (nSPS) is 11.9. The number of halogens is 3. The Morgan fingerprint density at radius 1 is 1.22 bits per heavy atom. The first kappa shape index (κ1) is 18.7. The number of hydroxylamine groups is 1. The summed E-state index contributed by atoms with van der Waals surface area (Å²) in [6.07, 6.45) is 0. The van der Waals surface area contributed by atoms with E-state index >= 15 is 0 Å². The number of fused-ring (bicyclic) bond motifs is 1. The number of aliphatic hydroxyl groups excluding tert-OH is 1. The molecular formula is C17H16F3N5O2. The molecule has 0 fully saturated rings. The van der Waals surface area contributed by atoms with Crippen LogP contribution in [-0.2, 0) is 0 Å². The van der Waals surface area contributed by atoms with E-state index in [-0.39, 0.29) is 41.5 Å². The molecule has 3 rings (SSSR count). The van der Waals surface area contributed by atoms with Gasteiger partial charge in [0.05, 0.1) is 17.8 Å². The van der Waals surface area contributed by atoms with Gasteiger partial charge in [-0.2, -0.15) is 0 Å². The summed E-state index contributed by atoms with van der Waals surface area (Å²) in [4.78, 5) is 10.8. The van der Waals surface area contributed by atoms with Gasteiger partial charge in [-0.05, 0) is 36.8 Å². The summed E-state index contributed by atoms with van der Waals surface area (Å²) in [7, 11) is 0. The van der Waals surface area contributed by atoms with Gasteiger partial charge >= 0.3 is 0 Å². The fourth-order valence-corrected chi connectivity index (χ4v) is 2.52. The fraction of sp³-hybridized carbons (Fsp3) is 0.176. The van der Waals surface area contributed by atoms with E-state index in [0.717, 1.165) is 6.07 Å². The van der Waals surface area contributed by atoms with Crippen LogP contribution in [0, 0.1) is 24.4 Å². The number of nitrogens with zero attached hydrogens (tertiary/aromatic N) is 2. The lowest BCUT2D eigenvalue weighted by atomic mass is 10.1. The van der Waals surface area contributed by atoms with Crippen molar-refractivity contribution in [3.63, 3.8) is 0 Å². The van der Waals surface area contributed by atoms with Crippen molar-refractivity contribution in [2.75, 3.05) is 18.5 Å². The first-order valence-corrected chi connectivity index (χ1v) is 7.92. The second kappa shape index (κ2) is 7.64. The number of hydrogen-bond donors (Lipinski definition) is 5. The maximum absolute atomic E-state index is 14.1. The minimum absolute atomic E-state index is 0.0120. The molecule has 3 aromatic rings. The summed E-state index contributed by atoms with van der Waals surface area (Å²) in [5.41, 5.74) is 2.27. The molecule has 0 atom stereocenters. The smallest absolute Gasteiger partial charge is 0.201 e. The van der Waals surface area contributed by atoms with Gasteiger partial charge in [-0.25, -0.2) is 23.1 Å². The van der Waals surface area contributed by atoms with E-state index in [2.05, 4.69) is 20.3 Å². The monoisotopic (exact) mass is 379 g/mol. The number of imidazole rings is 1. The number of aliphatic hydroxyl groups is 1. The molecule has 1 aromatic heterocycles. The van der Waals surface area contributed by atoms with Gasteiger partial charge < -0.3 is 15.4 Å². The Morgan fingerprint density at radius 2 is 2.00 bits per heavy atom. The zero-order valence-electron chi connectivity index (χ0n) is 14.1. The minimum Gasteiger partial charge on any atom is -0.395 e. The number of aryl methyl sites for hydroxylation is 1. The fourth-order valence-electron chi connectivity index (χ4n) is 2.52. The molecule has 10 heteroatoms. The number of aliphatic imine (C=N–C) groups is 1. The molecule has 1 heterocycles. The Kier molecular flexibility index (Phi) is 5.28. The predicted molar refractivity (Wildman–Crippen MR) is 93.8 cm³/mol. The van der Waals surface area contributed by atoms with Crippen molar-refractivity contribution in [3.05, 3.63) is 52.8 Å². The third-order valence-electron chi connectivity index (χ3n) is 3.81. The lowest BCUT2D eigenvalue weighted by molar-refractivity contribution is 0.235. The van der Waals surface area contributed by atoms with Crippen LogP contribution < -0.4 is 10.8 Å². The third kappa shape index (κ3) is 3.71. The highest BCUT2D eigenvalue weighted by atomic mass is 19.2. The molecule has 0 saturated carbocycles. The quantitative estimate of drug-likeness (QED) is 0.266. The van der Waals surface area contributed by atoms with Crippen molar-refractivity contribution >= 4 is 28.5 Å². The van der Waals surface area contributed by atoms with E-state index in [4.69, 9.17) is 5.11 Å². The highest BCUT2D eigenvalue weighted by molar-refractivity contribution is 6.08. The van der Waals surface area contributed by atoms with Gasteiger partial charge in [0, 0.05) is 12.1 Å². The molecule has 0 spiro atoms. The zero-order valence-corrected chi connectivity index (χ0v) is 14.1. The average molecular weight is 379 g/mol. The summed E-state index contributed by atoms with van der Waals surface area (Å²) < 4.78 is 41.5. The van der Waals surface area contributed by atoms with E-state index in [1.165, 1.54) is 18.2 Å². The number of aromatic amines is 1. The molecular weight excluding hydrogens is 363 g/mol. The summed E-state index contributed by atoms with van der Waals surface area (Å²) in [6.45, 7) is 1.51. The van der Waals surface area contributed by atoms with E-state index in [1.54, 1.807) is 6.92 Å². The molecule has 0 unspecified atom stereocenters. The Bertz CT molecular complexity index is 1020. The van der Waals surface area contributed by atoms with Crippen LogP contribution in [0.25, 0.3) is 11.0 Å². The first-order chi connectivity index (χ1) is 12.9. The second-order valence-electron chi connectivity index (χ2n) is 5.69. The van der Waals surface area contributed by atoms with Crippen molar-refractivity contribution in [3.8, 4) is 0 Å². The molecule has 0 aliphatic heterocycles. The number of H-pyrrole nitrogens is 1. The lowest BCUT2D eigenvalue weighted by Crippen LogP contribution is -2.21. The number of aromatic nitrogens is 2. The molecule has 0 aliphatic rings. The first-order valence-electron chi connectivity index (χ1n) is 7.92. The van der Waals surface area contributed by atoms with Crippen molar-refractivity contribution in [2.24, 2.45) is 4.99 Å². The highest BCUT2D eigenvalue weighted by Gasteiger charge is 2.20. The van der Waals surface area contributed by atoms with E-state index in [1.807, 2.05) is 5.48 Å². The van der Waals surface area contributed by atoms with Gasteiger partial charge in [-0.15, -0.1) is 0 Å². The maximum atomic E-state index is 14.1. The molecule has 27 heavy (non-hydrogen) atoms. The Labute approximate surface area is 151 Å². The van der Waals surface area contributed by atoms with Crippen LogP contribution in [0.2, 0.25) is 0 Å².